The number of hydrogen-bond acceptors (Lipinski definition) is 5. The van der Waals surface area contributed by atoms with E-state index in [1.165, 1.54) is 12.1 Å². The lowest BCUT2D eigenvalue weighted by atomic mass is 10.0. The first kappa shape index (κ1) is 31.3. The molecule has 4 aromatic rings. The Morgan fingerprint density at radius 3 is 2.73 bits per heavy atom. The number of alkyl halides is 3. The van der Waals surface area contributed by atoms with Gasteiger partial charge in [-0.1, -0.05) is 12.8 Å². The molecule has 48 heavy (non-hydrogen) atoms. The van der Waals surface area contributed by atoms with E-state index < -0.39 is 42.3 Å². The predicted octanol–water partition coefficient (Wildman–Crippen LogP) is 5.84. The van der Waals surface area contributed by atoms with E-state index in [9.17, 15) is 22.8 Å². The van der Waals surface area contributed by atoms with Gasteiger partial charge in [0, 0.05) is 42.4 Å². The van der Waals surface area contributed by atoms with E-state index in [0.29, 0.717) is 47.4 Å². The van der Waals surface area contributed by atoms with E-state index in [2.05, 4.69) is 20.5 Å². The maximum absolute atomic E-state index is 15.7. The minimum atomic E-state index is -2.55. The lowest BCUT2D eigenvalue weighted by Crippen LogP contribution is -2.52. The summed E-state index contributed by atoms with van der Waals surface area (Å²) in [5.41, 5.74) is 2.40. The molecule has 2 aliphatic heterocycles. The average molecular weight is 666 g/mol. The maximum atomic E-state index is 15.7. The first-order valence-corrected chi connectivity index (χ1v) is 17.1. The second-order valence-electron chi connectivity index (χ2n) is 14.0. The summed E-state index contributed by atoms with van der Waals surface area (Å²) in [5.74, 6) is -1.54. The van der Waals surface area contributed by atoms with Gasteiger partial charge in [-0.2, -0.15) is 0 Å². The Bertz CT molecular complexity index is 1910. The van der Waals surface area contributed by atoms with Crippen LogP contribution in [-0.2, 0) is 11.3 Å². The van der Waals surface area contributed by atoms with E-state index in [1.807, 2.05) is 25.1 Å². The molecule has 5 heterocycles. The number of halogens is 4. The van der Waals surface area contributed by atoms with Crippen LogP contribution >= 0.6 is 0 Å². The zero-order chi connectivity index (χ0) is 33.3. The molecule has 13 heteroatoms. The van der Waals surface area contributed by atoms with Crippen LogP contribution < -0.4 is 16.0 Å². The fourth-order valence-corrected chi connectivity index (χ4v) is 7.72. The Hall–Kier alpha value is -4.00. The number of rotatable bonds is 5. The molecule has 0 spiro atoms. The van der Waals surface area contributed by atoms with Crippen LogP contribution in [-0.4, -0.2) is 62.6 Å². The third-order valence-corrected chi connectivity index (χ3v) is 10.7. The monoisotopic (exact) mass is 665 g/mol. The third kappa shape index (κ3) is 5.63. The predicted molar refractivity (Wildman–Crippen MR) is 172 cm³/mol. The summed E-state index contributed by atoms with van der Waals surface area (Å²) in [7, 11) is 0. The molecule has 2 bridgehead atoms. The summed E-state index contributed by atoms with van der Waals surface area (Å²) in [6, 6.07) is 6.59. The number of nitrogens with zero attached hydrogens (tertiary/aromatic N) is 4. The number of imidazole rings is 1. The average Bonchev–Trinajstić information content (AvgIpc) is 3.96. The van der Waals surface area contributed by atoms with Gasteiger partial charge in [-0.15, -0.1) is 0 Å². The molecule has 1 saturated heterocycles. The fourth-order valence-electron chi connectivity index (χ4n) is 7.72. The number of carbonyl (C=O) groups is 2. The number of nitrogens with one attached hydrogen (secondary N) is 3. The van der Waals surface area contributed by atoms with Crippen molar-refractivity contribution in [3.05, 3.63) is 47.4 Å². The molecule has 254 valence electrons. The molecule has 2 amide bonds. The zero-order valence-electron chi connectivity index (χ0n) is 26.7. The molecule has 7 atom stereocenters. The van der Waals surface area contributed by atoms with Gasteiger partial charge in [-0.25, -0.2) is 27.5 Å². The Labute approximate surface area is 274 Å². The minimum Gasteiger partial charge on any atom is -0.348 e. The highest BCUT2D eigenvalue weighted by Gasteiger charge is 2.47. The molecule has 8 rings (SSSR count). The standard InChI is InChI=1S/C35H39F4N7O2/c1-17-25-7-6-19-12-30(45(32(19)42-25)10-4-2-3-5-18-11-20(18)34(47)41-17)33-43-26-13-21(35(48)44-27-16-40-9-8-23(27)36)24(37)15-29(26)46(33)28-14-22(28)31(38)39/h6-7,12-13,15,17-18,20,22-23,27-28,31,40H,2-5,8-11,14,16H2,1H3,(H,41,47)(H,44,48)/t17-,18-,20-,22+,23+,27+,28-/m1/s1. The number of carbonyl (C=O) groups excluding carboxylic acids is 2. The van der Waals surface area contributed by atoms with Crippen molar-refractivity contribution in [2.24, 2.45) is 17.8 Å². The van der Waals surface area contributed by atoms with Crippen molar-refractivity contribution in [3.63, 3.8) is 0 Å². The fraction of sp³-hybridized carbons (Fsp3) is 0.543. The number of amides is 2. The first-order chi connectivity index (χ1) is 23.2. The number of benzene rings is 1. The quantitative estimate of drug-likeness (QED) is 0.233. The first-order valence-electron chi connectivity index (χ1n) is 17.1. The lowest BCUT2D eigenvalue weighted by Gasteiger charge is -2.27. The molecule has 0 unspecified atom stereocenters. The summed E-state index contributed by atoms with van der Waals surface area (Å²) in [5, 5.41) is 9.60. The molecule has 3 aromatic heterocycles. The summed E-state index contributed by atoms with van der Waals surface area (Å²) in [6.45, 7) is 3.26. The number of aryl methyl sites for hydroxylation is 1. The Kier molecular flexibility index (Phi) is 7.92. The molecule has 2 saturated carbocycles. The molecular formula is C35H39F4N7O2. The summed E-state index contributed by atoms with van der Waals surface area (Å²) >= 11 is 0. The summed E-state index contributed by atoms with van der Waals surface area (Å²) in [4.78, 5) is 35.9. The molecule has 3 fully saturated rings. The van der Waals surface area contributed by atoms with Crippen LogP contribution in [0.1, 0.15) is 80.0 Å². The second kappa shape index (κ2) is 12.2. The largest absolute Gasteiger partial charge is 0.348 e. The van der Waals surface area contributed by atoms with E-state index in [4.69, 9.17) is 9.97 Å². The number of piperidine rings is 1. The molecule has 4 aliphatic rings. The molecule has 2 aliphatic carbocycles. The molecule has 1 aromatic carbocycles. The van der Waals surface area contributed by atoms with Crippen LogP contribution in [0.15, 0.2) is 30.3 Å². The van der Waals surface area contributed by atoms with Gasteiger partial charge in [0.15, 0.2) is 5.82 Å². The van der Waals surface area contributed by atoms with Crippen LogP contribution in [0.25, 0.3) is 33.6 Å². The normalized spacial score (nSPS) is 29.1. The Morgan fingerprint density at radius 2 is 1.94 bits per heavy atom. The van der Waals surface area contributed by atoms with Gasteiger partial charge in [0.2, 0.25) is 12.3 Å². The molecular weight excluding hydrogens is 626 g/mol. The van der Waals surface area contributed by atoms with Crippen molar-refractivity contribution in [1.29, 1.82) is 0 Å². The number of hydrogen-bond donors (Lipinski definition) is 3. The van der Waals surface area contributed by atoms with Gasteiger partial charge in [-0.3, -0.25) is 9.59 Å². The molecule has 0 radical (unpaired) electrons. The zero-order valence-corrected chi connectivity index (χ0v) is 26.7. The smallest absolute Gasteiger partial charge is 0.254 e. The van der Waals surface area contributed by atoms with Crippen molar-refractivity contribution in [3.8, 4) is 11.5 Å². The number of fused-ring (bicyclic) bond motifs is 3. The maximum Gasteiger partial charge on any atom is 0.254 e. The van der Waals surface area contributed by atoms with Crippen LogP contribution in [0.3, 0.4) is 0 Å². The molecule has 9 nitrogen and oxygen atoms in total. The van der Waals surface area contributed by atoms with Crippen LogP contribution in [0.2, 0.25) is 0 Å². The Morgan fingerprint density at radius 1 is 1.08 bits per heavy atom. The number of pyridine rings is 1. The Balaban J connectivity index is 1.22. The van der Waals surface area contributed by atoms with Crippen LogP contribution in [0.5, 0.6) is 0 Å². The number of aromatic nitrogens is 4. The molecule has 3 N–H and O–H groups in total. The van der Waals surface area contributed by atoms with Gasteiger partial charge in [0.05, 0.1) is 40.1 Å². The van der Waals surface area contributed by atoms with Gasteiger partial charge in [0.25, 0.3) is 5.91 Å². The van der Waals surface area contributed by atoms with Gasteiger partial charge < -0.3 is 25.1 Å². The summed E-state index contributed by atoms with van der Waals surface area (Å²) in [6.07, 6.45) is 1.37. The van der Waals surface area contributed by atoms with Crippen molar-refractivity contribution in [1.82, 2.24) is 35.1 Å². The van der Waals surface area contributed by atoms with Crippen LogP contribution in [0.4, 0.5) is 17.6 Å². The van der Waals surface area contributed by atoms with E-state index in [-0.39, 0.29) is 48.3 Å². The van der Waals surface area contributed by atoms with Crippen molar-refractivity contribution in [2.75, 3.05) is 13.1 Å². The summed E-state index contributed by atoms with van der Waals surface area (Å²) < 4.78 is 61.9. The van der Waals surface area contributed by atoms with E-state index in [0.717, 1.165) is 37.5 Å². The van der Waals surface area contributed by atoms with Crippen molar-refractivity contribution >= 4 is 33.9 Å². The van der Waals surface area contributed by atoms with Gasteiger partial charge in [0.1, 0.15) is 17.6 Å². The van der Waals surface area contributed by atoms with Crippen molar-refractivity contribution < 1.29 is 27.2 Å². The van der Waals surface area contributed by atoms with Crippen molar-refractivity contribution in [2.45, 2.75) is 89.1 Å². The van der Waals surface area contributed by atoms with E-state index >= 15 is 4.39 Å². The SMILES string of the molecule is C[C@H]1NC(=O)[C@@H]2C[C@H]2CCCCCn2c(-c3nc4cc(C(=O)N[C@H]5CNCC[C@@H]5F)c(F)cc4n3[C@@H]3C[C@@H]3C(F)F)cc3ccc1nc32. The minimum absolute atomic E-state index is 0.0643. The lowest BCUT2D eigenvalue weighted by molar-refractivity contribution is -0.123. The highest BCUT2D eigenvalue weighted by atomic mass is 19.3. The second-order valence-corrected chi connectivity index (χ2v) is 14.0. The van der Waals surface area contributed by atoms with E-state index in [1.54, 1.807) is 4.57 Å². The topological polar surface area (TPSA) is 106 Å². The van der Waals surface area contributed by atoms with Gasteiger partial charge in [-0.05, 0) is 75.8 Å². The highest BCUT2D eigenvalue weighted by Crippen LogP contribution is 2.51. The highest BCUT2D eigenvalue weighted by molar-refractivity contribution is 5.98. The van der Waals surface area contributed by atoms with Gasteiger partial charge >= 0.3 is 0 Å². The third-order valence-electron chi connectivity index (χ3n) is 10.7. The van der Waals surface area contributed by atoms with Crippen LogP contribution in [0, 0.1) is 23.6 Å².